The van der Waals surface area contributed by atoms with Crippen LogP contribution in [0.3, 0.4) is 0 Å². The minimum atomic E-state index is -3.69. The molecule has 27 heavy (non-hydrogen) atoms. The Hall–Kier alpha value is -3.56. The maximum Gasteiger partial charge on any atom is 0.586 e. The van der Waals surface area contributed by atoms with Gasteiger partial charge in [-0.3, -0.25) is 9.78 Å². The molecule has 1 aromatic carbocycles. The zero-order valence-corrected chi connectivity index (χ0v) is 14.1. The fraction of sp³-hybridized carbons (Fsp3) is 0.176. The monoisotopic (exact) mass is 374 g/mol. The van der Waals surface area contributed by atoms with Crippen LogP contribution in [0, 0.1) is 13.8 Å². The van der Waals surface area contributed by atoms with Crippen molar-refractivity contribution in [2.45, 2.75) is 20.1 Å². The van der Waals surface area contributed by atoms with Crippen molar-refractivity contribution in [1.29, 1.82) is 0 Å². The van der Waals surface area contributed by atoms with Crippen molar-refractivity contribution in [3.8, 4) is 22.8 Å². The third kappa shape index (κ3) is 3.16. The van der Waals surface area contributed by atoms with E-state index in [1.54, 1.807) is 13.8 Å². The van der Waals surface area contributed by atoms with Crippen LogP contribution in [0.1, 0.15) is 21.7 Å². The van der Waals surface area contributed by atoms with Gasteiger partial charge in [0.1, 0.15) is 0 Å². The van der Waals surface area contributed by atoms with Gasteiger partial charge in [0.2, 0.25) is 5.76 Å². The zero-order valence-electron chi connectivity index (χ0n) is 14.1. The molecule has 1 aliphatic heterocycles. The van der Waals surface area contributed by atoms with Gasteiger partial charge in [-0.15, -0.1) is 8.78 Å². The topological polar surface area (TPSA) is 99.4 Å². The van der Waals surface area contributed by atoms with E-state index in [1.165, 1.54) is 30.7 Å². The van der Waals surface area contributed by atoms with Gasteiger partial charge >= 0.3 is 6.29 Å². The Morgan fingerprint density at radius 3 is 2.41 bits per heavy atom. The average Bonchev–Trinajstić information content (AvgIpc) is 3.16. The Labute approximate surface area is 151 Å². The summed E-state index contributed by atoms with van der Waals surface area (Å²) in [5.41, 5.74) is 2.21. The lowest BCUT2D eigenvalue weighted by atomic mass is 10.1. The molecular formula is C17H12F2N4O4. The first-order chi connectivity index (χ1) is 12.8. The van der Waals surface area contributed by atoms with Crippen molar-refractivity contribution in [2.24, 2.45) is 0 Å². The largest absolute Gasteiger partial charge is 0.586 e. The van der Waals surface area contributed by atoms with Crippen LogP contribution in [0.15, 0.2) is 35.2 Å². The van der Waals surface area contributed by atoms with Crippen LogP contribution in [0.4, 0.5) is 14.6 Å². The molecule has 0 spiro atoms. The van der Waals surface area contributed by atoms with E-state index in [2.05, 4.69) is 29.9 Å². The number of fused-ring (bicyclic) bond motifs is 1. The number of ether oxygens (including phenoxy) is 2. The van der Waals surface area contributed by atoms with Crippen LogP contribution in [-0.2, 0) is 0 Å². The molecule has 0 saturated carbocycles. The number of aromatic nitrogens is 3. The lowest BCUT2D eigenvalue weighted by Crippen LogP contribution is -2.25. The first kappa shape index (κ1) is 16.9. The number of halogens is 2. The number of anilines is 1. The van der Waals surface area contributed by atoms with Crippen LogP contribution >= 0.6 is 0 Å². The average molecular weight is 374 g/mol. The molecule has 0 saturated heterocycles. The summed E-state index contributed by atoms with van der Waals surface area (Å²) in [5.74, 6) is -0.354. The van der Waals surface area contributed by atoms with Gasteiger partial charge in [0.15, 0.2) is 17.3 Å². The minimum Gasteiger partial charge on any atom is -0.395 e. The molecule has 0 bridgehead atoms. The summed E-state index contributed by atoms with van der Waals surface area (Å²) in [6.45, 7) is 3.41. The molecule has 0 unspecified atom stereocenters. The van der Waals surface area contributed by atoms with Crippen molar-refractivity contribution in [2.75, 3.05) is 5.32 Å². The molecule has 1 N–H and O–H groups in total. The van der Waals surface area contributed by atoms with Crippen LogP contribution in [0.5, 0.6) is 11.5 Å². The molecule has 2 aromatic heterocycles. The highest BCUT2D eigenvalue weighted by atomic mass is 19.3. The number of hydrogen-bond donors (Lipinski definition) is 1. The Bertz CT molecular complexity index is 1030. The number of carbonyl (C=O) groups is 1. The van der Waals surface area contributed by atoms with E-state index in [0.717, 1.165) is 0 Å². The van der Waals surface area contributed by atoms with E-state index < -0.39 is 12.2 Å². The van der Waals surface area contributed by atoms with Crippen LogP contribution in [0.2, 0.25) is 0 Å². The van der Waals surface area contributed by atoms with E-state index in [0.29, 0.717) is 22.4 Å². The van der Waals surface area contributed by atoms with Gasteiger partial charge in [-0.2, -0.15) is 0 Å². The fourth-order valence-corrected chi connectivity index (χ4v) is 2.59. The fourth-order valence-electron chi connectivity index (χ4n) is 2.59. The Morgan fingerprint density at radius 2 is 1.78 bits per heavy atom. The summed E-state index contributed by atoms with van der Waals surface area (Å²) >= 11 is 0. The summed E-state index contributed by atoms with van der Waals surface area (Å²) in [6.07, 6.45) is 0.491. The number of benzene rings is 1. The van der Waals surface area contributed by atoms with Crippen LogP contribution in [-0.4, -0.2) is 27.3 Å². The van der Waals surface area contributed by atoms with Crippen molar-refractivity contribution < 1.29 is 27.6 Å². The Balaban J connectivity index is 1.57. The maximum atomic E-state index is 13.2. The number of aryl methyl sites for hydroxylation is 2. The van der Waals surface area contributed by atoms with Crippen LogP contribution in [0.25, 0.3) is 11.3 Å². The lowest BCUT2D eigenvalue weighted by Gasteiger charge is -2.07. The lowest BCUT2D eigenvalue weighted by molar-refractivity contribution is -0.286. The first-order valence-corrected chi connectivity index (χ1v) is 7.78. The number of alkyl halides is 2. The smallest absolute Gasteiger partial charge is 0.395 e. The predicted octanol–water partition coefficient (Wildman–Crippen LogP) is 3.32. The maximum absolute atomic E-state index is 13.2. The number of hydrogen-bond acceptors (Lipinski definition) is 7. The summed E-state index contributed by atoms with van der Waals surface area (Å²) in [7, 11) is 0. The molecule has 0 atom stereocenters. The number of amides is 1. The summed E-state index contributed by atoms with van der Waals surface area (Å²) in [5, 5.41) is 6.08. The molecule has 10 heteroatoms. The Kier molecular flexibility index (Phi) is 3.76. The van der Waals surface area contributed by atoms with Crippen molar-refractivity contribution in [3.63, 3.8) is 0 Å². The second-order valence-corrected chi connectivity index (χ2v) is 5.86. The van der Waals surface area contributed by atoms with Crippen LogP contribution < -0.4 is 14.8 Å². The van der Waals surface area contributed by atoms with Gasteiger partial charge < -0.3 is 19.3 Å². The standard InChI is InChI=1S/C17H12F2N4O4/c1-8-3-12-13(26-17(18,19)25-12)4-10(8)11-6-21-14(7-20-11)23-16(24)15-9(2)5-22-27-15/h3-7H,1-2H3,(H,21,23,24). The summed E-state index contributed by atoms with van der Waals surface area (Å²) in [4.78, 5) is 20.4. The summed E-state index contributed by atoms with van der Waals surface area (Å²) < 4.78 is 40.1. The third-order valence-electron chi connectivity index (χ3n) is 3.87. The molecule has 138 valence electrons. The van der Waals surface area contributed by atoms with Gasteiger partial charge in [0, 0.05) is 11.1 Å². The third-order valence-corrected chi connectivity index (χ3v) is 3.87. The van der Waals surface area contributed by atoms with E-state index in [-0.39, 0.29) is 23.1 Å². The number of nitrogens with one attached hydrogen (secondary N) is 1. The van der Waals surface area contributed by atoms with Gasteiger partial charge in [-0.25, -0.2) is 4.98 Å². The van der Waals surface area contributed by atoms with Gasteiger partial charge in [0.05, 0.1) is 24.3 Å². The molecule has 4 rings (SSSR count). The molecule has 0 aliphatic carbocycles. The second-order valence-electron chi connectivity index (χ2n) is 5.86. The molecule has 8 nitrogen and oxygen atoms in total. The highest BCUT2D eigenvalue weighted by Gasteiger charge is 2.43. The number of carbonyl (C=O) groups excluding carboxylic acids is 1. The molecule has 0 radical (unpaired) electrons. The molecule has 0 fully saturated rings. The Morgan fingerprint density at radius 1 is 1.04 bits per heavy atom. The van der Waals surface area contributed by atoms with Gasteiger partial charge in [-0.05, 0) is 31.5 Å². The van der Waals surface area contributed by atoms with Gasteiger partial charge in [-0.1, -0.05) is 5.16 Å². The molecule has 3 heterocycles. The SMILES string of the molecule is Cc1cc2c(cc1-c1cnc(NC(=O)c3oncc3C)cn1)OC(F)(F)O2. The zero-order chi connectivity index (χ0) is 19.2. The van der Waals surface area contributed by atoms with Crippen molar-refractivity contribution >= 4 is 11.7 Å². The normalized spacial score (nSPS) is 14.2. The predicted molar refractivity (Wildman–Crippen MR) is 87.6 cm³/mol. The van der Waals surface area contributed by atoms with Crippen molar-refractivity contribution in [3.05, 3.63) is 47.6 Å². The molecule has 3 aromatic rings. The van der Waals surface area contributed by atoms with E-state index in [1.807, 2.05) is 0 Å². The minimum absolute atomic E-state index is 0.0412. The highest BCUT2D eigenvalue weighted by Crippen LogP contribution is 2.44. The van der Waals surface area contributed by atoms with Crippen molar-refractivity contribution in [1.82, 2.24) is 15.1 Å². The van der Waals surface area contributed by atoms with E-state index >= 15 is 0 Å². The molecule has 1 aliphatic rings. The molecule has 1 amide bonds. The van der Waals surface area contributed by atoms with E-state index in [9.17, 15) is 13.6 Å². The second kappa shape index (κ2) is 6.01. The highest BCUT2D eigenvalue weighted by molar-refractivity contribution is 6.02. The first-order valence-electron chi connectivity index (χ1n) is 7.78. The van der Waals surface area contributed by atoms with E-state index in [4.69, 9.17) is 4.52 Å². The quantitative estimate of drug-likeness (QED) is 0.751. The number of rotatable bonds is 3. The number of nitrogens with zero attached hydrogens (tertiary/aromatic N) is 3. The van der Waals surface area contributed by atoms with Gasteiger partial charge in [0.25, 0.3) is 5.91 Å². The molecular weight excluding hydrogens is 362 g/mol. The summed E-state index contributed by atoms with van der Waals surface area (Å²) in [6, 6.07) is 2.85.